The van der Waals surface area contributed by atoms with Gasteiger partial charge in [-0.25, -0.2) is 4.68 Å². The molecule has 132 valence electrons. The Morgan fingerprint density at radius 2 is 1.96 bits per heavy atom. The first-order valence-electron chi connectivity index (χ1n) is 8.50. The van der Waals surface area contributed by atoms with Gasteiger partial charge in [0.1, 0.15) is 12.4 Å². The standard InChI is InChI=1S/C20H20N4O2/c1-22(2)15-8-9-18-19(14-15)26-13-12-23(18)20(25)16-6-3-4-7-17(16)24-11-5-10-21-24/h3-11,14H,12-13H2,1-2H3. The van der Waals surface area contributed by atoms with Crippen molar-refractivity contribution in [2.75, 3.05) is 37.0 Å². The molecule has 0 bridgehead atoms. The van der Waals surface area contributed by atoms with Crippen LogP contribution in [0.2, 0.25) is 0 Å². The molecule has 3 aromatic rings. The van der Waals surface area contributed by atoms with Crippen molar-refractivity contribution in [2.24, 2.45) is 0 Å². The lowest BCUT2D eigenvalue weighted by atomic mass is 10.1. The van der Waals surface area contributed by atoms with Crippen LogP contribution in [0.4, 0.5) is 11.4 Å². The Bertz CT molecular complexity index is 935. The highest BCUT2D eigenvalue weighted by Crippen LogP contribution is 2.36. The second-order valence-corrected chi connectivity index (χ2v) is 6.32. The van der Waals surface area contributed by atoms with Gasteiger partial charge in [-0.2, -0.15) is 5.10 Å². The smallest absolute Gasteiger partial charge is 0.260 e. The minimum atomic E-state index is -0.0572. The molecule has 0 N–H and O–H groups in total. The second-order valence-electron chi connectivity index (χ2n) is 6.32. The summed E-state index contributed by atoms with van der Waals surface area (Å²) in [5.74, 6) is 0.672. The predicted octanol–water partition coefficient (Wildman–Crippen LogP) is 2.98. The Morgan fingerprint density at radius 1 is 1.12 bits per heavy atom. The van der Waals surface area contributed by atoms with E-state index in [1.807, 2.05) is 73.7 Å². The second kappa shape index (κ2) is 6.55. The lowest BCUT2D eigenvalue weighted by Crippen LogP contribution is -2.38. The first kappa shape index (κ1) is 16.2. The third-order valence-corrected chi connectivity index (χ3v) is 4.45. The molecule has 1 aliphatic heterocycles. The largest absolute Gasteiger partial charge is 0.489 e. The number of fused-ring (bicyclic) bond motifs is 1. The number of ether oxygens (including phenoxy) is 1. The maximum atomic E-state index is 13.3. The summed E-state index contributed by atoms with van der Waals surface area (Å²) in [5.41, 5.74) is 3.21. The molecule has 0 spiro atoms. The first-order chi connectivity index (χ1) is 12.6. The molecule has 0 saturated carbocycles. The molecule has 26 heavy (non-hydrogen) atoms. The number of hydrogen-bond acceptors (Lipinski definition) is 4. The van der Waals surface area contributed by atoms with Crippen LogP contribution >= 0.6 is 0 Å². The zero-order chi connectivity index (χ0) is 18.1. The molecular weight excluding hydrogens is 328 g/mol. The highest BCUT2D eigenvalue weighted by molar-refractivity contribution is 6.09. The van der Waals surface area contributed by atoms with E-state index >= 15 is 0 Å². The van der Waals surface area contributed by atoms with Crippen molar-refractivity contribution in [3.63, 3.8) is 0 Å². The number of carbonyl (C=O) groups excluding carboxylic acids is 1. The molecule has 0 atom stereocenters. The van der Waals surface area contributed by atoms with Crippen molar-refractivity contribution in [3.8, 4) is 11.4 Å². The summed E-state index contributed by atoms with van der Waals surface area (Å²) in [7, 11) is 3.96. The number of hydrogen-bond donors (Lipinski definition) is 0. The minimum absolute atomic E-state index is 0.0572. The zero-order valence-corrected chi connectivity index (χ0v) is 14.8. The third kappa shape index (κ3) is 2.79. The molecular formula is C20H20N4O2. The van der Waals surface area contributed by atoms with Gasteiger partial charge in [-0.05, 0) is 30.3 Å². The summed E-state index contributed by atoms with van der Waals surface area (Å²) in [6.07, 6.45) is 3.54. The van der Waals surface area contributed by atoms with E-state index in [2.05, 4.69) is 5.10 Å². The van der Waals surface area contributed by atoms with Crippen LogP contribution < -0.4 is 14.5 Å². The molecule has 6 heteroatoms. The van der Waals surface area contributed by atoms with Crippen molar-refractivity contribution < 1.29 is 9.53 Å². The van der Waals surface area contributed by atoms with Gasteiger partial charge in [0.25, 0.3) is 5.91 Å². The van der Waals surface area contributed by atoms with Gasteiger partial charge in [0.05, 0.1) is 23.5 Å². The number of anilines is 2. The van der Waals surface area contributed by atoms with Gasteiger partial charge in [-0.3, -0.25) is 4.79 Å². The number of benzene rings is 2. The van der Waals surface area contributed by atoms with Crippen LogP contribution in [0.5, 0.6) is 5.75 Å². The molecule has 0 aliphatic carbocycles. The average Bonchev–Trinajstić information content (AvgIpc) is 3.21. The maximum absolute atomic E-state index is 13.3. The normalized spacial score (nSPS) is 13.1. The first-order valence-corrected chi connectivity index (χ1v) is 8.50. The Labute approximate surface area is 152 Å². The summed E-state index contributed by atoms with van der Waals surface area (Å²) < 4.78 is 7.51. The molecule has 6 nitrogen and oxygen atoms in total. The van der Waals surface area contributed by atoms with E-state index in [0.717, 1.165) is 22.8 Å². The molecule has 0 unspecified atom stereocenters. The molecule has 0 saturated heterocycles. The number of amides is 1. The van der Waals surface area contributed by atoms with Crippen molar-refractivity contribution >= 4 is 17.3 Å². The topological polar surface area (TPSA) is 50.6 Å². The Kier molecular flexibility index (Phi) is 4.08. The summed E-state index contributed by atoms with van der Waals surface area (Å²) >= 11 is 0. The molecule has 1 amide bonds. The van der Waals surface area contributed by atoms with E-state index in [1.165, 1.54) is 0 Å². The van der Waals surface area contributed by atoms with Crippen molar-refractivity contribution in [3.05, 3.63) is 66.5 Å². The van der Waals surface area contributed by atoms with Crippen LogP contribution in [0.15, 0.2) is 60.9 Å². The Balaban J connectivity index is 1.74. The number of nitrogens with zero attached hydrogens (tertiary/aromatic N) is 4. The van der Waals surface area contributed by atoms with Crippen molar-refractivity contribution in [1.82, 2.24) is 9.78 Å². The van der Waals surface area contributed by atoms with Gasteiger partial charge < -0.3 is 14.5 Å². The molecule has 4 rings (SSSR count). The van der Waals surface area contributed by atoms with Gasteiger partial charge in [0.15, 0.2) is 0 Å². The van der Waals surface area contributed by atoms with E-state index in [0.29, 0.717) is 18.7 Å². The monoisotopic (exact) mass is 348 g/mol. The highest BCUT2D eigenvalue weighted by Gasteiger charge is 2.27. The number of aromatic nitrogens is 2. The van der Waals surface area contributed by atoms with Gasteiger partial charge in [-0.1, -0.05) is 12.1 Å². The van der Waals surface area contributed by atoms with Crippen LogP contribution in [-0.2, 0) is 0 Å². The lowest BCUT2D eigenvalue weighted by molar-refractivity contribution is 0.0976. The molecule has 2 aromatic carbocycles. The summed E-state index contributed by atoms with van der Waals surface area (Å²) in [5, 5.41) is 4.27. The van der Waals surface area contributed by atoms with Crippen LogP contribution in [0.1, 0.15) is 10.4 Å². The predicted molar refractivity (Wildman–Crippen MR) is 102 cm³/mol. The number of carbonyl (C=O) groups is 1. The van der Waals surface area contributed by atoms with E-state index in [1.54, 1.807) is 15.8 Å². The van der Waals surface area contributed by atoms with E-state index in [9.17, 15) is 4.79 Å². The quantitative estimate of drug-likeness (QED) is 0.730. The summed E-state index contributed by atoms with van der Waals surface area (Å²) in [4.78, 5) is 17.1. The van der Waals surface area contributed by atoms with Crippen LogP contribution in [0, 0.1) is 0 Å². The number of rotatable bonds is 3. The highest BCUT2D eigenvalue weighted by atomic mass is 16.5. The SMILES string of the molecule is CN(C)c1ccc2c(c1)OCCN2C(=O)c1ccccc1-n1cccn1. The molecule has 1 aromatic heterocycles. The summed E-state index contributed by atoms with van der Waals surface area (Å²) in [6, 6.07) is 15.3. The van der Waals surface area contributed by atoms with Gasteiger partial charge >= 0.3 is 0 Å². The van der Waals surface area contributed by atoms with Gasteiger partial charge in [0, 0.05) is 38.2 Å². The fraction of sp³-hybridized carbons (Fsp3) is 0.200. The van der Waals surface area contributed by atoms with E-state index in [4.69, 9.17) is 4.74 Å². The summed E-state index contributed by atoms with van der Waals surface area (Å²) in [6.45, 7) is 0.986. The fourth-order valence-corrected chi connectivity index (χ4v) is 3.11. The third-order valence-electron chi connectivity index (χ3n) is 4.45. The van der Waals surface area contributed by atoms with E-state index in [-0.39, 0.29) is 5.91 Å². The number of para-hydroxylation sites is 1. The molecule has 1 aliphatic rings. The van der Waals surface area contributed by atoms with Crippen molar-refractivity contribution in [1.29, 1.82) is 0 Å². The lowest BCUT2D eigenvalue weighted by Gasteiger charge is -2.31. The molecule has 0 fully saturated rings. The van der Waals surface area contributed by atoms with Gasteiger partial charge in [0.2, 0.25) is 0 Å². The van der Waals surface area contributed by atoms with Crippen LogP contribution in [-0.4, -0.2) is 42.9 Å². The van der Waals surface area contributed by atoms with Gasteiger partial charge in [-0.15, -0.1) is 0 Å². The Hall–Kier alpha value is -3.28. The minimum Gasteiger partial charge on any atom is -0.489 e. The maximum Gasteiger partial charge on any atom is 0.260 e. The van der Waals surface area contributed by atoms with Crippen molar-refractivity contribution in [2.45, 2.75) is 0 Å². The zero-order valence-electron chi connectivity index (χ0n) is 14.8. The fourth-order valence-electron chi connectivity index (χ4n) is 3.11. The van der Waals surface area contributed by atoms with Crippen LogP contribution in [0.3, 0.4) is 0 Å². The average molecular weight is 348 g/mol. The molecule has 0 radical (unpaired) electrons. The van der Waals surface area contributed by atoms with E-state index < -0.39 is 0 Å². The molecule has 2 heterocycles. The van der Waals surface area contributed by atoms with Crippen LogP contribution in [0.25, 0.3) is 5.69 Å². The Morgan fingerprint density at radius 3 is 2.73 bits per heavy atom.